The molecular weight excluding hydrogens is 4190 g/mol. The summed E-state index contributed by atoms with van der Waals surface area (Å²) < 4.78 is 0. The Morgan fingerprint density at radius 1 is 0.0625 bits per heavy atom. The molecule has 6 N–H and O–H groups in total. The van der Waals surface area contributed by atoms with Gasteiger partial charge in [-0.3, -0.25) is 0 Å². The molecule has 0 fully saturated rings. The fraction of sp³-hybridized carbons (Fsp3) is 0. The Kier molecular flexibility index (Phi) is 4790. The summed E-state index contributed by atoms with van der Waals surface area (Å²) in [6, 6.07) is 0. The Morgan fingerprint density at radius 3 is 0.0625 bits per heavy atom. The standard InChI is InChI=1S/3CH2O3.100Ca/c3*2-1(3)4;;;;;;;;;;;;;;;;;;;;;;;;;;;;;;;;;;;;;;;;;;;;;;;;;;;;;;;;;;;;;;;;;;;;;;;;;;;;;;;;;;;;;;;;;;;;;;;;;;;;/h3*(H2,2,3,4);;;;;;;;;;;;;;;;;;;;;;;;;;;;;;;;;;;;;;;;;;;;;;;;;;;;;;;;;;;;;;;;;;;;;;;;;;;;;;;;;;;;;;;;;;;;;;;;;;;;/q;;;100*+2. The Labute approximate surface area is 3680 Å². The molecule has 0 aliphatic heterocycles. The Hall–Kier alpha value is 124. The van der Waals surface area contributed by atoms with E-state index < -0.39 is 18.5 Å². The molecule has 0 spiro atoms. The van der Waals surface area contributed by atoms with E-state index >= 15 is 0 Å². The van der Waals surface area contributed by atoms with E-state index in [2.05, 4.69) is 0 Å². The molecule has 0 saturated heterocycles. The third-order valence-corrected chi connectivity index (χ3v) is 0. The molecule has 0 heterocycles. The van der Waals surface area contributed by atoms with Crippen molar-refractivity contribution in [2.45, 2.75) is 0 Å². The quantitative estimate of drug-likeness (QED) is 0.129. The average Bonchev–Trinajstić information content (AvgIpc) is 1.54. The molecule has 72 valence electrons. The molecule has 0 saturated carbocycles. The molecule has 0 bridgehead atoms. The van der Waals surface area contributed by atoms with Gasteiger partial charge in [0.25, 0.3) is 0 Å². The molecule has 0 aromatic heterocycles. The monoisotopic (exact) mass is 4180 g/mol. The maximum Gasteiger partial charge on any atom is 2.00 e. The van der Waals surface area contributed by atoms with Gasteiger partial charge >= 0.3 is 3790 Å². The van der Waals surface area contributed by atoms with E-state index in [0.29, 0.717) is 0 Å². The van der Waals surface area contributed by atoms with E-state index in [1.54, 1.807) is 0 Å². The minimum atomic E-state index is -1.83. The summed E-state index contributed by atoms with van der Waals surface area (Å²) in [6.07, 6.45) is -5.50. The molecule has 0 aromatic rings. The van der Waals surface area contributed by atoms with E-state index in [1.807, 2.05) is 0 Å². The summed E-state index contributed by atoms with van der Waals surface area (Å²) in [7, 11) is 0. The summed E-state index contributed by atoms with van der Waals surface area (Å²) >= 11 is 0. The molecule has 0 aliphatic carbocycles. The van der Waals surface area contributed by atoms with Crippen LogP contribution in [0.3, 0.4) is 0 Å². The second kappa shape index (κ2) is 728. The van der Waals surface area contributed by atoms with Crippen molar-refractivity contribution >= 4 is 3790 Å². The molecule has 0 aliphatic rings. The van der Waals surface area contributed by atoms with Gasteiger partial charge in [0.05, 0.1) is 0 Å². The maximum atomic E-state index is 8.56. The van der Waals surface area contributed by atoms with E-state index in [-0.39, 0.29) is 3770 Å². The van der Waals surface area contributed by atoms with Gasteiger partial charge in [0, 0.05) is 0 Å². The number of hydrogen-bond acceptors (Lipinski definition) is 3. The molecule has 0 aromatic carbocycles. The minimum Gasteiger partial charge on any atom is -0.450 e. The first kappa shape index (κ1) is 737. The van der Waals surface area contributed by atoms with Gasteiger partial charge in [0.1, 0.15) is 0 Å². The molecule has 0 radical (unpaired) electrons. The zero-order chi connectivity index (χ0) is 10.7. The smallest absolute Gasteiger partial charge is 0.450 e. The second-order valence-corrected chi connectivity index (χ2v) is 0.848. The van der Waals surface area contributed by atoms with Gasteiger partial charge in [0.15, 0.2) is 0 Å². The van der Waals surface area contributed by atoms with Crippen molar-refractivity contribution in [1.82, 2.24) is 0 Å². The largest absolute Gasteiger partial charge is 2.00 e. The first-order chi connectivity index (χ1) is 5.20. The average molecular weight is 4190 g/mol. The van der Waals surface area contributed by atoms with Crippen LogP contribution in [0.4, 0.5) is 14.4 Å². The molecule has 109 heteroatoms. The van der Waals surface area contributed by atoms with Crippen molar-refractivity contribution < 1.29 is 45.0 Å². The van der Waals surface area contributed by atoms with Crippen LogP contribution in [-0.4, -0.2) is 3820 Å². The van der Waals surface area contributed by atoms with E-state index in [0.717, 1.165) is 0 Å². The van der Waals surface area contributed by atoms with Gasteiger partial charge in [-0.1, -0.05) is 0 Å². The number of carbonyl (C=O) groups is 3. The summed E-state index contributed by atoms with van der Waals surface area (Å²) in [6.45, 7) is 0. The van der Waals surface area contributed by atoms with Crippen LogP contribution < -0.4 is 0 Å². The van der Waals surface area contributed by atoms with Crippen molar-refractivity contribution in [3.8, 4) is 0 Å². The first-order valence-corrected chi connectivity index (χ1v) is 1.95. The molecule has 0 unspecified atom stereocenters. The van der Waals surface area contributed by atoms with Gasteiger partial charge in [-0.15, -0.1) is 0 Å². The van der Waals surface area contributed by atoms with Crippen LogP contribution in [0.5, 0.6) is 0 Å². The third kappa shape index (κ3) is 827. The molecule has 0 amide bonds. The predicted octanol–water partition coefficient (Wildman–Crippen LogP) is -37.4. The molecular formula is C3H6Ca100O9+200. The Balaban J connectivity index is -0.0000000000743. The number of rotatable bonds is 0. The predicted molar refractivity (Wildman–Crippen MR) is 607 cm³/mol. The second-order valence-electron chi connectivity index (χ2n) is 0.848. The van der Waals surface area contributed by atoms with Crippen LogP contribution in [0.2, 0.25) is 0 Å². The molecule has 0 atom stereocenters. The van der Waals surface area contributed by atoms with Crippen LogP contribution in [-0.2, 0) is 0 Å². The fourth-order valence-corrected chi connectivity index (χ4v) is 0. The minimum absolute atomic E-state index is 0. The Morgan fingerprint density at radius 2 is 0.0625 bits per heavy atom. The van der Waals surface area contributed by atoms with Crippen LogP contribution in [0.25, 0.3) is 0 Å². The molecule has 9 nitrogen and oxygen atoms in total. The van der Waals surface area contributed by atoms with Crippen LogP contribution in [0, 0.1) is 0 Å². The normalized spacial score (nSPS) is 0.643. The van der Waals surface area contributed by atoms with E-state index in [1.165, 1.54) is 0 Å². The zero-order valence-electron chi connectivity index (χ0n) is 76.1. The van der Waals surface area contributed by atoms with E-state index in [4.69, 9.17) is 45.0 Å². The van der Waals surface area contributed by atoms with Crippen LogP contribution >= 0.6 is 0 Å². The van der Waals surface area contributed by atoms with E-state index in [9.17, 15) is 0 Å². The van der Waals surface area contributed by atoms with Crippen LogP contribution in [0.15, 0.2) is 0 Å². The summed E-state index contributed by atoms with van der Waals surface area (Å²) in [5, 5.41) is 41.8. The van der Waals surface area contributed by atoms with Crippen molar-refractivity contribution in [2.24, 2.45) is 0 Å². The van der Waals surface area contributed by atoms with Crippen molar-refractivity contribution in [3.05, 3.63) is 0 Å². The SMILES string of the molecule is O=C(O)O.O=C(O)O.O=C(O)O.[Ca+2].[Ca+2].[Ca+2].[Ca+2].[Ca+2].[Ca+2].[Ca+2].[Ca+2].[Ca+2].[Ca+2].[Ca+2].[Ca+2].[Ca+2].[Ca+2].[Ca+2].[Ca+2].[Ca+2].[Ca+2].[Ca+2].[Ca+2].[Ca+2].[Ca+2].[Ca+2].[Ca+2].[Ca+2].[Ca+2].[Ca+2].[Ca+2].[Ca+2].[Ca+2].[Ca+2].[Ca+2].[Ca+2].[Ca+2].[Ca+2].[Ca+2].[Ca+2].[Ca+2].[Ca+2].[Ca+2].[Ca+2].[Ca+2].[Ca+2].[Ca+2].[Ca+2].[Ca+2].[Ca+2].[Ca+2].[Ca+2].[Ca+2].[Ca+2].[Ca+2].[Ca+2].[Ca+2].[Ca+2].[Ca+2].[Ca+2].[Ca+2].[Ca+2].[Ca+2].[Ca+2].[Ca+2].[Ca+2].[Ca+2].[Ca+2].[Ca+2].[Ca+2].[Ca+2].[Ca+2].[Ca+2].[Ca+2].[Ca+2].[Ca+2].[Ca+2].[Ca+2].[Ca+2].[Ca+2].[Ca+2].[Ca+2].[Ca+2].[Ca+2].[Ca+2].[Ca+2].[Ca+2].[Ca+2].[Ca+2].[Ca+2].[Ca+2].[Ca+2].[Ca+2].[Ca+2].[Ca+2].[Ca+2].[Ca+2].[Ca+2].[Ca+2].[Ca+2].[Ca+2].[Ca+2].[Ca+2]. The number of carboxylic acid groups (broad SMARTS) is 6. The van der Waals surface area contributed by atoms with Gasteiger partial charge in [-0.05, 0) is 0 Å². The first-order valence-electron chi connectivity index (χ1n) is 1.95. The van der Waals surface area contributed by atoms with Crippen molar-refractivity contribution in [3.63, 3.8) is 0 Å². The summed E-state index contributed by atoms with van der Waals surface area (Å²) in [4.78, 5) is 25.7. The van der Waals surface area contributed by atoms with Gasteiger partial charge in [0.2, 0.25) is 0 Å². The molecule has 112 heavy (non-hydrogen) atoms. The molecule has 0 rings (SSSR count). The van der Waals surface area contributed by atoms with Gasteiger partial charge in [-0.2, -0.15) is 0 Å². The van der Waals surface area contributed by atoms with Gasteiger partial charge < -0.3 is 30.6 Å². The maximum absolute atomic E-state index is 8.56. The topological polar surface area (TPSA) is 173 Å². The zero-order valence-corrected chi connectivity index (χ0v) is 297. The summed E-state index contributed by atoms with van der Waals surface area (Å²) in [5.41, 5.74) is 0. The summed E-state index contributed by atoms with van der Waals surface area (Å²) in [5.74, 6) is 0. The van der Waals surface area contributed by atoms with Crippen molar-refractivity contribution in [2.75, 3.05) is 0 Å². The number of hydrogen-bond donors (Lipinski definition) is 6. The fourth-order valence-electron chi connectivity index (χ4n) is 0. The third-order valence-electron chi connectivity index (χ3n) is 0. The van der Waals surface area contributed by atoms with Crippen LogP contribution in [0.1, 0.15) is 0 Å². The van der Waals surface area contributed by atoms with Gasteiger partial charge in [-0.25, -0.2) is 14.4 Å². The Bertz CT molecular complexity index is 162. The van der Waals surface area contributed by atoms with Crippen molar-refractivity contribution in [1.29, 1.82) is 0 Å².